The van der Waals surface area contributed by atoms with Crippen molar-refractivity contribution in [2.45, 2.75) is 381 Å². The number of nitrogens with zero attached hydrogens (tertiary/aromatic N) is 2. The van der Waals surface area contributed by atoms with Crippen LogP contribution in [-0.2, 0) is 27.0 Å². The van der Waals surface area contributed by atoms with Crippen LogP contribution >= 0.6 is 62.5 Å². The molecule has 4 aromatic rings. The van der Waals surface area contributed by atoms with Crippen LogP contribution in [0.25, 0.3) is 0 Å². The van der Waals surface area contributed by atoms with Crippen molar-refractivity contribution in [2.24, 2.45) is 0 Å². The summed E-state index contributed by atoms with van der Waals surface area (Å²) in [6.07, 6.45) is 75.7. The van der Waals surface area contributed by atoms with Crippen LogP contribution in [0.5, 0.6) is 0 Å². The van der Waals surface area contributed by atoms with E-state index in [1.54, 1.807) is 289 Å². The fourth-order valence-electron chi connectivity index (χ4n) is 20.9. The van der Waals surface area contributed by atoms with Gasteiger partial charge in [0.15, 0.2) is 0 Å². The summed E-state index contributed by atoms with van der Waals surface area (Å²) in [5.41, 5.74) is 23.7. The minimum absolute atomic E-state index is 0.0465. The van der Waals surface area contributed by atoms with Crippen molar-refractivity contribution >= 4 is 83.1 Å². The monoisotopic (exact) mass is 1670 g/mol. The molecule has 0 unspecified atom stereocenters. The Balaban J connectivity index is 0.000000143. The van der Waals surface area contributed by atoms with Gasteiger partial charge in [0.25, 0.3) is 0 Å². The summed E-state index contributed by atoms with van der Waals surface area (Å²) >= 11 is -3.23. The molecule has 1 aliphatic heterocycles. The summed E-state index contributed by atoms with van der Waals surface area (Å²) in [5, 5.41) is 0. The van der Waals surface area contributed by atoms with Gasteiger partial charge in [-0.05, 0) is 307 Å². The Morgan fingerprint density at radius 2 is 0.470 bits per heavy atom. The molecule has 0 atom stereocenters. The zero-order valence-electron chi connectivity index (χ0n) is 63.6. The molecule has 0 bridgehead atoms. The van der Waals surface area contributed by atoms with Crippen LogP contribution in [-0.4, -0.2) is 60.1 Å². The fraction of sp³-hybridized carbons (Fsp3) is 0.674. The predicted molar refractivity (Wildman–Crippen MR) is 453 cm³/mol. The average molecular weight is 1670 g/mol. The van der Waals surface area contributed by atoms with Gasteiger partial charge in [-0.3, -0.25) is 0 Å². The van der Waals surface area contributed by atoms with Crippen LogP contribution in [0, 0.1) is 48.2 Å². The Morgan fingerprint density at radius 1 is 0.290 bits per heavy atom. The molecule has 562 valence electrons. The molecule has 0 spiro atoms. The van der Waals surface area contributed by atoms with Crippen LogP contribution in [0.2, 0.25) is 0 Å². The van der Waals surface area contributed by atoms with Gasteiger partial charge in [0.05, 0.1) is 50.9 Å². The fourth-order valence-corrected chi connectivity index (χ4v) is 40.2. The maximum absolute atomic E-state index is 5.67. The molecule has 0 radical (unpaired) electrons. The number of hydrogen-bond donors (Lipinski definition) is 0. The summed E-state index contributed by atoms with van der Waals surface area (Å²) in [6, 6.07) is 28.8. The van der Waals surface area contributed by atoms with E-state index in [4.69, 9.17) is 38.8 Å². The molecule has 0 N–H and O–H groups in total. The second-order valence-corrected chi connectivity index (χ2v) is 54.5. The maximum atomic E-state index is 5.67. The van der Waals surface area contributed by atoms with Gasteiger partial charge < -0.3 is 9.80 Å². The molecule has 4 aromatic carbocycles. The molecule has 10 aliphatic rings. The SMILES string of the molecule is C1CCC([PH+](C2CCCCC2)C2CCCCC2)CC1.C1CCC([PH+](C2CCCCC2)C2CCCCC2)CC1.C1CCC([PH+](C2CCCCC2)C2CCCCC2)CC1.Cc1cc(C)c(N2C=CN(c3c(C)cc(C)cc3C)[CH-]2)c(C)c1.[Cl][Ru]([Cl])=[CH]c1ccccc1.[Cl][Ru]([Cl])=[CH]c1ccccc1. The first-order chi connectivity index (χ1) is 48.8. The molecule has 0 saturated heterocycles. The van der Waals surface area contributed by atoms with Crippen LogP contribution in [0.3, 0.4) is 0 Å². The normalized spacial score (nSPS) is 21.9. The van der Waals surface area contributed by atoms with E-state index < -0.39 is 27.0 Å². The summed E-state index contributed by atoms with van der Waals surface area (Å²) in [7, 11) is 22.5. The summed E-state index contributed by atoms with van der Waals surface area (Å²) in [4.78, 5) is 4.45. The molecule has 11 heteroatoms. The number of hydrogen-bond acceptors (Lipinski definition) is 2. The molecule has 0 aromatic heterocycles. The Hall–Kier alpha value is -0.343. The average Bonchev–Trinajstić information content (AvgIpc) is 1.54. The van der Waals surface area contributed by atoms with Crippen molar-refractivity contribution in [1.82, 2.24) is 0 Å². The molecule has 14 rings (SSSR count). The van der Waals surface area contributed by atoms with Gasteiger partial charge in [-0.2, -0.15) is 0 Å². The van der Waals surface area contributed by atoms with Crippen molar-refractivity contribution in [1.29, 1.82) is 0 Å². The summed E-state index contributed by atoms with van der Waals surface area (Å²) < 4.78 is 3.85. The third-order valence-electron chi connectivity index (χ3n) is 25.1. The molecule has 2 nitrogen and oxygen atoms in total. The van der Waals surface area contributed by atoms with Crippen molar-refractivity contribution in [3.8, 4) is 0 Å². The predicted octanol–water partition coefficient (Wildman–Crippen LogP) is 29.6. The number of halogens is 4. The van der Waals surface area contributed by atoms with E-state index in [0.717, 1.165) is 11.1 Å². The number of aryl methyl sites for hydroxylation is 6. The van der Waals surface area contributed by atoms with Gasteiger partial charge in [-0.15, -0.1) is 6.67 Å². The summed E-state index contributed by atoms with van der Waals surface area (Å²) in [6.45, 7) is 15.2. The van der Waals surface area contributed by atoms with Crippen LogP contribution in [0.4, 0.5) is 11.4 Å². The van der Waals surface area contributed by atoms with E-state index in [2.05, 4.69) is 94.7 Å². The molecule has 1 heterocycles. The van der Waals surface area contributed by atoms with Crippen LogP contribution in [0.1, 0.15) is 333 Å². The third-order valence-corrected chi connectivity index (χ3v) is 42.5. The van der Waals surface area contributed by atoms with Gasteiger partial charge in [0.2, 0.25) is 0 Å². The first-order valence-corrected chi connectivity index (χ1v) is 57.6. The zero-order chi connectivity index (χ0) is 70.3. The van der Waals surface area contributed by atoms with E-state index in [1.807, 2.05) is 69.9 Å². The third kappa shape index (κ3) is 28.0. The van der Waals surface area contributed by atoms with Crippen LogP contribution < -0.4 is 9.80 Å². The standard InChI is InChI=1S/C21H25N2.3C18H33P.2C7H6.4ClH.2Ru/c1-14-9-16(3)20(17(4)10-14)22-7-8-23(13-22)21-18(5)11-15(2)12-19(21)6;3*1-4-10-16(11-5-1)19(17-12-6-2-7-13-17)18-14-8-3-9-15-18;2*1-7-5-3-2-4-6-7;;;;;;/h7-13H,1-6H3;3*16-18H,1-15H2;2*1-6H;4*1H;;/q-1;;;;;;;;;;2*+2/p-1. The molecule has 9 saturated carbocycles. The van der Waals surface area contributed by atoms with E-state index in [0.29, 0.717) is 0 Å². The Bertz CT molecular complexity index is 2570. The quantitative estimate of drug-likeness (QED) is 0.0748. The second kappa shape index (κ2) is 46.9. The van der Waals surface area contributed by atoms with Gasteiger partial charge >= 0.3 is 147 Å². The first kappa shape index (κ1) is 83.7. The zero-order valence-corrected chi connectivity index (χ0v) is 73.1. The summed E-state index contributed by atoms with van der Waals surface area (Å²) in [5.74, 6) is 0. The molecule has 9 aliphatic carbocycles. The topological polar surface area (TPSA) is 6.48 Å². The van der Waals surface area contributed by atoms with Crippen LogP contribution in [0.15, 0.2) is 97.3 Å². The number of anilines is 2. The van der Waals surface area contributed by atoms with Crippen molar-refractivity contribution in [2.75, 3.05) is 9.80 Å². The van der Waals surface area contributed by atoms with Crippen molar-refractivity contribution < 1.29 is 27.0 Å². The Labute approximate surface area is 644 Å². The molecular weight excluding hydrogens is 1530 g/mol. The van der Waals surface area contributed by atoms with E-state index in [9.17, 15) is 0 Å². The second-order valence-electron chi connectivity index (χ2n) is 32.7. The number of rotatable bonds is 13. The van der Waals surface area contributed by atoms with Gasteiger partial charge in [0, 0.05) is 35.1 Å². The number of benzene rings is 4. The molecule has 0 amide bonds. The van der Waals surface area contributed by atoms with E-state index in [1.165, 1.54) is 95.7 Å². The van der Waals surface area contributed by atoms with Gasteiger partial charge in [-0.25, -0.2) is 0 Å². The van der Waals surface area contributed by atoms with Gasteiger partial charge in [0.1, 0.15) is 0 Å². The van der Waals surface area contributed by atoms with E-state index in [-0.39, 0.29) is 23.8 Å². The Morgan fingerprint density at radius 3 is 0.640 bits per heavy atom. The first-order valence-electron chi connectivity index (χ1n) is 41.4. The van der Waals surface area contributed by atoms with Gasteiger partial charge in [-0.1, -0.05) is 93.2 Å². The molecular formula is C89H139Cl4N2P3Ru2+2. The van der Waals surface area contributed by atoms with E-state index >= 15 is 0 Å². The Kier molecular flexibility index (Phi) is 39.2. The van der Waals surface area contributed by atoms with Crippen molar-refractivity contribution in [3.05, 3.63) is 149 Å². The molecule has 9 fully saturated rings. The minimum atomic E-state index is -1.61. The van der Waals surface area contributed by atoms with Crippen molar-refractivity contribution in [3.63, 3.8) is 0 Å². The molecule has 100 heavy (non-hydrogen) atoms.